The van der Waals surface area contributed by atoms with E-state index < -0.39 is 5.54 Å². The second-order valence-corrected chi connectivity index (χ2v) is 5.68. The number of rotatable bonds is 7. The van der Waals surface area contributed by atoms with Gasteiger partial charge in [0.1, 0.15) is 0 Å². The molecular weight excluding hydrogens is 244 g/mol. The molecule has 0 aromatic rings. The van der Waals surface area contributed by atoms with Gasteiger partial charge in [0.2, 0.25) is 5.91 Å². The molecule has 19 heavy (non-hydrogen) atoms. The molecule has 0 aromatic heterocycles. The van der Waals surface area contributed by atoms with Crippen LogP contribution in [0, 0.1) is 0 Å². The van der Waals surface area contributed by atoms with E-state index in [1.165, 1.54) is 0 Å². The summed E-state index contributed by atoms with van der Waals surface area (Å²) >= 11 is 0. The van der Waals surface area contributed by atoms with Crippen molar-refractivity contribution in [2.24, 2.45) is 5.73 Å². The molecule has 1 amide bonds. The first-order valence-electron chi connectivity index (χ1n) is 7.47. The Labute approximate surface area is 115 Å². The van der Waals surface area contributed by atoms with Gasteiger partial charge < -0.3 is 20.5 Å². The van der Waals surface area contributed by atoms with E-state index in [1.54, 1.807) is 0 Å². The fourth-order valence-corrected chi connectivity index (χ4v) is 2.78. The van der Waals surface area contributed by atoms with Crippen molar-refractivity contribution in [1.29, 1.82) is 0 Å². The normalized spacial score (nSPS) is 25.6. The van der Waals surface area contributed by atoms with Gasteiger partial charge in [-0.1, -0.05) is 12.8 Å². The van der Waals surface area contributed by atoms with Gasteiger partial charge in [-0.15, -0.1) is 0 Å². The highest BCUT2D eigenvalue weighted by Crippen LogP contribution is 2.27. The van der Waals surface area contributed by atoms with Crippen LogP contribution in [0.25, 0.3) is 0 Å². The van der Waals surface area contributed by atoms with Crippen LogP contribution in [0.15, 0.2) is 0 Å². The van der Waals surface area contributed by atoms with Gasteiger partial charge in [0.15, 0.2) is 0 Å². The Morgan fingerprint density at radius 2 is 2.16 bits per heavy atom. The lowest BCUT2D eigenvalue weighted by atomic mass is 9.98. The number of amides is 1. The first kappa shape index (κ1) is 14.8. The average Bonchev–Trinajstić information content (AvgIpc) is 3.05. The second-order valence-electron chi connectivity index (χ2n) is 5.68. The molecule has 2 rings (SSSR count). The molecule has 0 bridgehead atoms. The van der Waals surface area contributed by atoms with Crippen LogP contribution in [0.2, 0.25) is 0 Å². The molecule has 0 radical (unpaired) electrons. The molecule has 1 atom stereocenters. The fraction of sp³-hybridized carbons (Fsp3) is 0.929. The van der Waals surface area contributed by atoms with Gasteiger partial charge in [-0.25, -0.2) is 0 Å². The van der Waals surface area contributed by atoms with Gasteiger partial charge in [-0.05, 0) is 32.1 Å². The maximum atomic E-state index is 11.9. The van der Waals surface area contributed by atoms with Crippen molar-refractivity contribution in [3.8, 4) is 0 Å². The summed E-state index contributed by atoms with van der Waals surface area (Å²) in [5.41, 5.74) is 5.45. The van der Waals surface area contributed by atoms with Crippen molar-refractivity contribution >= 4 is 5.91 Å². The highest BCUT2D eigenvalue weighted by Gasteiger charge is 2.36. The topological polar surface area (TPSA) is 73.6 Å². The molecule has 1 saturated heterocycles. The zero-order valence-corrected chi connectivity index (χ0v) is 11.7. The highest BCUT2D eigenvalue weighted by atomic mass is 16.5. The average molecular weight is 270 g/mol. The van der Waals surface area contributed by atoms with Crippen LogP contribution in [-0.2, 0) is 14.3 Å². The number of carbonyl (C=O) groups excluding carboxylic acids is 1. The molecule has 1 unspecified atom stereocenters. The van der Waals surface area contributed by atoms with Gasteiger partial charge in [0.25, 0.3) is 0 Å². The van der Waals surface area contributed by atoms with Crippen molar-refractivity contribution < 1.29 is 14.3 Å². The third-order valence-electron chi connectivity index (χ3n) is 4.03. The Morgan fingerprint density at radius 1 is 1.37 bits per heavy atom. The summed E-state index contributed by atoms with van der Waals surface area (Å²) in [5, 5.41) is 2.92. The van der Waals surface area contributed by atoms with E-state index in [4.69, 9.17) is 15.2 Å². The third-order valence-corrected chi connectivity index (χ3v) is 4.03. The first-order valence-corrected chi connectivity index (χ1v) is 7.47. The lowest BCUT2D eigenvalue weighted by Gasteiger charge is -2.22. The zero-order valence-electron chi connectivity index (χ0n) is 11.7. The van der Waals surface area contributed by atoms with Gasteiger partial charge in [-0.3, -0.25) is 4.79 Å². The van der Waals surface area contributed by atoms with E-state index in [1.807, 2.05) is 0 Å². The van der Waals surface area contributed by atoms with Crippen LogP contribution >= 0.6 is 0 Å². The van der Waals surface area contributed by atoms with Crippen LogP contribution < -0.4 is 11.1 Å². The summed E-state index contributed by atoms with van der Waals surface area (Å²) in [6.07, 6.45) is 7.11. The molecule has 2 fully saturated rings. The van der Waals surface area contributed by atoms with Crippen LogP contribution in [-0.4, -0.2) is 43.9 Å². The van der Waals surface area contributed by atoms with Gasteiger partial charge >= 0.3 is 0 Å². The zero-order chi connectivity index (χ0) is 13.6. The maximum absolute atomic E-state index is 11.9. The quantitative estimate of drug-likeness (QED) is 0.676. The number of hydrogen-bond donors (Lipinski definition) is 2. The van der Waals surface area contributed by atoms with Gasteiger partial charge in [0.05, 0.1) is 18.2 Å². The minimum Gasteiger partial charge on any atom is -0.379 e. The molecule has 1 aliphatic heterocycles. The minimum atomic E-state index is -0.613. The molecule has 1 saturated carbocycles. The maximum Gasteiger partial charge on any atom is 0.240 e. The molecule has 5 nitrogen and oxygen atoms in total. The Kier molecular flexibility index (Phi) is 5.60. The number of nitrogens with two attached hydrogens (primary N) is 1. The standard InChI is InChI=1S/C14H26N2O3/c15-14(6-1-2-7-14)13(17)16-8-4-9-18-11-12-5-3-10-19-12/h12H,1-11,15H2,(H,16,17). The summed E-state index contributed by atoms with van der Waals surface area (Å²) in [4.78, 5) is 11.9. The third kappa shape index (κ3) is 4.44. The molecule has 0 spiro atoms. The van der Waals surface area contributed by atoms with E-state index >= 15 is 0 Å². The molecule has 2 aliphatic rings. The van der Waals surface area contributed by atoms with Gasteiger partial charge in [-0.2, -0.15) is 0 Å². The van der Waals surface area contributed by atoms with E-state index in [9.17, 15) is 4.79 Å². The Bertz CT molecular complexity index is 284. The Balaban J connectivity index is 1.48. The van der Waals surface area contributed by atoms with Crippen molar-refractivity contribution in [2.75, 3.05) is 26.4 Å². The smallest absolute Gasteiger partial charge is 0.240 e. The van der Waals surface area contributed by atoms with Gasteiger partial charge in [0, 0.05) is 19.8 Å². The van der Waals surface area contributed by atoms with Crippen molar-refractivity contribution in [2.45, 2.75) is 56.6 Å². The summed E-state index contributed by atoms with van der Waals surface area (Å²) in [5.74, 6) is 0.00382. The SMILES string of the molecule is NC1(C(=O)NCCCOCC2CCCO2)CCCC1. The monoisotopic (exact) mass is 270 g/mol. The Hall–Kier alpha value is -0.650. The lowest BCUT2D eigenvalue weighted by molar-refractivity contribution is -0.126. The highest BCUT2D eigenvalue weighted by molar-refractivity contribution is 5.86. The van der Waals surface area contributed by atoms with Crippen molar-refractivity contribution in [1.82, 2.24) is 5.32 Å². The summed E-state index contributed by atoms with van der Waals surface area (Å²) in [7, 11) is 0. The number of hydrogen-bond acceptors (Lipinski definition) is 4. The Morgan fingerprint density at radius 3 is 2.84 bits per heavy atom. The number of ether oxygens (including phenoxy) is 2. The summed E-state index contributed by atoms with van der Waals surface area (Å²) < 4.78 is 11.0. The van der Waals surface area contributed by atoms with E-state index in [-0.39, 0.29) is 12.0 Å². The number of carbonyl (C=O) groups is 1. The second kappa shape index (κ2) is 7.22. The fourth-order valence-electron chi connectivity index (χ4n) is 2.78. The van der Waals surface area contributed by atoms with E-state index in [2.05, 4.69) is 5.32 Å². The predicted octanol–water partition coefficient (Wildman–Crippen LogP) is 0.960. The summed E-state index contributed by atoms with van der Waals surface area (Å²) in [6.45, 7) is 2.85. The molecule has 0 aromatic carbocycles. The van der Waals surface area contributed by atoms with E-state index in [0.717, 1.165) is 51.6 Å². The lowest BCUT2D eigenvalue weighted by Crippen LogP contribution is -2.52. The first-order chi connectivity index (χ1) is 9.21. The van der Waals surface area contributed by atoms with Crippen LogP contribution in [0.3, 0.4) is 0 Å². The van der Waals surface area contributed by atoms with Crippen molar-refractivity contribution in [3.05, 3.63) is 0 Å². The van der Waals surface area contributed by atoms with Crippen molar-refractivity contribution in [3.63, 3.8) is 0 Å². The predicted molar refractivity (Wildman–Crippen MR) is 72.8 cm³/mol. The number of nitrogens with one attached hydrogen (secondary N) is 1. The summed E-state index contributed by atoms with van der Waals surface area (Å²) in [6, 6.07) is 0. The minimum absolute atomic E-state index is 0.00382. The van der Waals surface area contributed by atoms with Crippen LogP contribution in [0.5, 0.6) is 0 Å². The molecule has 3 N–H and O–H groups in total. The van der Waals surface area contributed by atoms with E-state index in [0.29, 0.717) is 19.8 Å². The molecular formula is C14H26N2O3. The molecule has 1 aliphatic carbocycles. The van der Waals surface area contributed by atoms with Crippen LogP contribution in [0.4, 0.5) is 0 Å². The largest absolute Gasteiger partial charge is 0.379 e. The van der Waals surface area contributed by atoms with Crippen LogP contribution in [0.1, 0.15) is 44.9 Å². The molecule has 110 valence electrons. The molecule has 5 heteroatoms. The molecule has 1 heterocycles.